The number of halogens is 1. The first-order chi connectivity index (χ1) is 14.0. The largest absolute Gasteiger partial charge is 0.494 e. The van der Waals surface area contributed by atoms with E-state index in [0.717, 1.165) is 12.8 Å². The lowest BCUT2D eigenvalue weighted by molar-refractivity contribution is -0.127. The molecule has 0 spiro atoms. The highest BCUT2D eigenvalue weighted by Gasteiger charge is 2.27. The van der Waals surface area contributed by atoms with E-state index in [2.05, 4.69) is 16.5 Å². The summed E-state index contributed by atoms with van der Waals surface area (Å²) in [5.41, 5.74) is 7.80. The molecule has 2 N–H and O–H groups in total. The number of carbonyl (C=O) groups is 1. The van der Waals surface area contributed by atoms with Crippen molar-refractivity contribution in [3.63, 3.8) is 0 Å². The highest BCUT2D eigenvalue weighted by molar-refractivity contribution is 5.98. The lowest BCUT2D eigenvalue weighted by Gasteiger charge is -2.31. The van der Waals surface area contributed by atoms with Crippen molar-refractivity contribution in [1.82, 2.24) is 24.6 Å². The van der Waals surface area contributed by atoms with E-state index in [1.165, 1.54) is 25.6 Å². The van der Waals surface area contributed by atoms with Gasteiger partial charge in [-0.05, 0) is 37.1 Å². The molecule has 0 atom stereocenters. The molecule has 1 aliphatic heterocycles. The zero-order valence-corrected chi connectivity index (χ0v) is 16.0. The van der Waals surface area contributed by atoms with Crippen LogP contribution in [-0.2, 0) is 4.79 Å². The van der Waals surface area contributed by atoms with E-state index >= 15 is 0 Å². The molecule has 0 unspecified atom stereocenters. The summed E-state index contributed by atoms with van der Waals surface area (Å²) < 4.78 is 21.1. The number of fused-ring (bicyclic) bond motifs is 1. The smallest absolute Gasteiger partial charge is 0.245 e. The molecule has 0 radical (unpaired) electrons. The van der Waals surface area contributed by atoms with Crippen LogP contribution in [0.15, 0.2) is 37.2 Å². The number of likely N-dealkylation sites (tertiary alicyclic amines) is 1. The zero-order valence-electron chi connectivity index (χ0n) is 16.0. The number of rotatable bonds is 4. The van der Waals surface area contributed by atoms with Crippen LogP contribution in [0.4, 0.5) is 10.2 Å². The summed E-state index contributed by atoms with van der Waals surface area (Å²) in [4.78, 5) is 22.1. The average Bonchev–Trinajstić information content (AvgIpc) is 3.14. The van der Waals surface area contributed by atoms with Crippen molar-refractivity contribution in [2.45, 2.75) is 18.9 Å². The Morgan fingerprint density at radius 3 is 2.76 bits per heavy atom. The molecule has 150 valence electrons. The Balaban J connectivity index is 1.76. The standard InChI is InChI=1S/C20H21FN6O2/c1-3-16(28)26-8-6-13(7-9-26)27-20-17(19(22)23-11-24-20)18(25-27)12-4-5-15(29-2)14(21)10-12/h3-5,10-11,13H,1,6-9H2,2H3,(H2,22,23,24). The number of nitrogens with zero attached hydrogens (tertiary/aromatic N) is 5. The van der Waals surface area contributed by atoms with Gasteiger partial charge in [-0.1, -0.05) is 6.58 Å². The molecule has 1 amide bonds. The number of piperidine rings is 1. The van der Waals surface area contributed by atoms with Crippen molar-refractivity contribution >= 4 is 22.8 Å². The molecule has 1 aromatic carbocycles. The maximum absolute atomic E-state index is 14.3. The van der Waals surface area contributed by atoms with Gasteiger partial charge in [0.2, 0.25) is 5.91 Å². The van der Waals surface area contributed by atoms with Crippen LogP contribution >= 0.6 is 0 Å². The summed E-state index contributed by atoms with van der Waals surface area (Å²) in [5.74, 6) is -0.123. The molecule has 0 aliphatic carbocycles. The minimum Gasteiger partial charge on any atom is -0.494 e. The number of nitrogen functional groups attached to an aromatic ring is 1. The second kappa shape index (κ2) is 7.50. The molecule has 3 aromatic rings. The van der Waals surface area contributed by atoms with Crippen molar-refractivity contribution in [2.24, 2.45) is 0 Å². The van der Waals surface area contributed by atoms with Gasteiger partial charge < -0.3 is 15.4 Å². The van der Waals surface area contributed by atoms with Crippen LogP contribution in [0.5, 0.6) is 5.75 Å². The minimum absolute atomic E-state index is 0.0394. The molecule has 9 heteroatoms. The van der Waals surface area contributed by atoms with E-state index in [1.54, 1.807) is 17.0 Å². The maximum atomic E-state index is 14.3. The first kappa shape index (κ1) is 18.9. The predicted molar refractivity (Wildman–Crippen MR) is 107 cm³/mol. The van der Waals surface area contributed by atoms with Crippen LogP contribution in [0.1, 0.15) is 18.9 Å². The Hall–Kier alpha value is -3.49. The van der Waals surface area contributed by atoms with Crippen LogP contribution in [0.2, 0.25) is 0 Å². The van der Waals surface area contributed by atoms with Crippen LogP contribution in [0.3, 0.4) is 0 Å². The van der Waals surface area contributed by atoms with Gasteiger partial charge in [-0.25, -0.2) is 19.0 Å². The summed E-state index contributed by atoms with van der Waals surface area (Å²) in [6.07, 6.45) is 4.16. The van der Waals surface area contributed by atoms with Crippen LogP contribution in [0, 0.1) is 5.82 Å². The van der Waals surface area contributed by atoms with Gasteiger partial charge >= 0.3 is 0 Å². The summed E-state index contributed by atoms with van der Waals surface area (Å²) in [6, 6.07) is 4.68. The van der Waals surface area contributed by atoms with Crippen molar-refractivity contribution in [1.29, 1.82) is 0 Å². The van der Waals surface area contributed by atoms with Crippen molar-refractivity contribution in [3.8, 4) is 17.0 Å². The van der Waals surface area contributed by atoms with E-state index in [1.807, 2.05) is 4.68 Å². The van der Waals surface area contributed by atoms with Gasteiger partial charge in [-0.15, -0.1) is 0 Å². The number of benzene rings is 1. The van der Waals surface area contributed by atoms with Crippen molar-refractivity contribution in [3.05, 3.63) is 43.0 Å². The number of hydrogen-bond acceptors (Lipinski definition) is 6. The van der Waals surface area contributed by atoms with E-state index in [-0.39, 0.29) is 23.5 Å². The number of ether oxygens (including phenoxy) is 1. The first-order valence-corrected chi connectivity index (χ1v) is 9.27. The van der Waals surface area contributed by atoms with Gasteiger partial charge in [0.1, 0.15) is 17.8 Å². The number of nitrogens with two attached hydrogens (primary N) is 1. The van der Waals surface area contributed by atoms with Gasteiger partial charge in [-0.2, -0.15) is 5.10 Å². The lowest BCUT2D eigenvalue weighted by atomic mass is 10.1. The van der Waals surface area contributed by atoms with Gasteiger partial charge in [0.15, 0.2) is 17.2 Å². The molecule has 1 saturated heterocycles. The van der Waals surface area contributed by atoms with Gasteiger partial charge in [-0.3, -0.25) is 4.79 Å². The molecule has 3 heterocycles. The molecular formula is C20H21FN6O2. The zero-order chi connectivity index (χ0) is 20.5. The summed E-state index contributed by atoms with van der Waals surface area (Å²) in [5, 5.41) is 5.32. The van der Waals surface area contributed by atoms with E-state index < -0.39 is 5.82 Å². The molecule has 1 aliphatic rings. The third-order valence-corrected chi connectivity index (χ3v) is 5.24. The normalized spacial score (nSPS) is 14.9. The summed E-state index contributed by atoms with van der Waals surface area (Å²) in [6.45, 7) is 4.74. The quantitative estimate of drug-likeness (QED) is 0.681. The second-order valence-corrected chi connectivity index (χ2v) is 6.86. The lowest BCUT2D eigenvalue weighted by Crippen LogP contribution is -2.38. The van der Waals surface area contributed by atoms with Crippen molar-refractivity contribution < 1.29 is 13.9 Å². The molecule has 8 nitrogen and oxygen atoms in total. The number of aromatic nitrogens is 4. The Kier molecular flexibility index (Phi) is 4.87. The summed E-state index contributed by atoms with van der Waals surface area (Å²) in [7, 11) is 1.41. The molecule has 1 fully saturated rings. The third kappa shape index (κ3) is 3.28. The number of anilines is 1. The number of amides is 1. The molecule has 4 rings (SSSR count). The van der Waals surface area contributed by atoms with Gasteiger partial charge in [0.05, 0.1) is 18.5 Å². The summed E-state index contributed by atoms with van der Waals surface area (Å²) >= 11 is 0. The van der Waals surface area contributed by atoms with Gasteiger partial charge in [0.25, 0.3) is 0 Å². The molecule has 0 bridgehead atoms. The maximum Gasteiger partial charge on any atom is 0.245 e. The topological polar surface area (TPSA) is 99.2 Å². The Morgan fingerprint density at radius 1 is 1.34 bits per heavy atom. The predicted octanol–water partition coefficient (Wildman–Crippen LogP) is 2.57. The van der Waals surface area contributed by atoms with Crippen molar-refractivity contribution in [2.75, 3.05) is 25.9 Å². The third-order valence-electron chi connectivity index (χ3n) is 5.24. The SMILES string of the molecule is C=CC(=O)N1CCC(n2nc(-c3ccc(OC)c(F)c3)c3c(N)ncnc32)CC1. The fraction of sp³-hybridized carbons (Fsp3) is 0.300. The van der Waals surface area contributed by atoms with Crippen LogP contribution in [0.25, 0.3) is 22.3 Å². The van der Waals surface area contributed by atoms with Crippen LogP contribution < -0.4 is 10.5 Å². The fourth-order valence-corrected chi connectivity index (χ4v) is 3.73. The fourth-order valence-electron chi connectivity index (χ4n) is 3.73. The highest BCUT2D eigenvalue weighted by atomic mass is 19.1. The Bertz CT molecular complexity index is 1090. The monoisotopic (exact) mass is 396 g/mol. The van der Waals surface area contributed by atoms with E-state index in [9.17, 15) is 9.18 Å². The van der Waals surface area contributed by atoms with Crippen LogP contribution in [-0.4, -0.2) is 50.8 Å². The van der Waals surface area contributed by atoms with E-state index in [0.29, 0.717) is 35.4 Å². The highest BCUT2D eigenvalue weighted by Crippen LogP contribution is 2.35. The number of methoxy groups -OCH3 is 1. The number of hydrogen-bond donors (Lipinski definition) is 1. The average molecular weight is 396 g/mol. The molecule has 2 aromatic heterocycles. The first-order valence-electron chi connectivity index (χ1n) is 9.27. The number of carbonyl (C=O) groups excluding carboxylic acids is 1. The Morgan fingerprint density at radius 2 is 2.10 bits per heavy atom. The van der Waals surface area contributed by atoms with Gasteiger partial charge in [0, 0.05) is 18.7 Å². The van der Waals surface area contributed by atoms with E-state index in [4.69, 9.17) is 15.6 Å². The molecule has 29 heavy (non-hydrogen) atoms. The Labute approximate surface area is 166 Å². The minimum atomic E-state index is -0.487. The second-order valence-electron chi connectivity index (χ2n) is 6.86. The molecular weight excluding hydrogens is 375 g/mol. The molecule has 0 saturated carbocycles.